The first-order chi connectivity index (χ1) is 14.9. The van der Waals surface area contributed by atoms with E-state index in [0.717, 1.165) is 45.3 Å². The predicted octanol–water partition coefficient (Wildman–Crippen LogP) is 3.71. The molecular weight excluding hydrogens is 416 g/mol. The minimum Gasteiger partial charge on any atom is -0.451 e. The molecule has 4 rings (SSSR count). The van der Waals surface area contributed by atoms with Gasteiger partial charge in [0.05, 0.1) is 4.90 Å². The van der Waals surface area contributed by atoms with Crippen molar-refractivity contribution in [2.45, 2.75) is 50.8 Å². The lowest BCUT2D eigenvalue weighted by Gasteiger charge is -2.29. The number of hydrogen-bond donors (Lipinski definition) is 1. The van der Waals surface area contributed by atoms with Crippen molar-refractivity contribution < 1.29 is 22.4 Å². The molecular formula is C23H32N2O5S. The van der Waals surface area contributed by atoms with E-state index in [1.54, 1.807) is 29.4 Å². The molecule has 31 heavy (non-hydrogen) atoms. The Labute approximate surface area is 184 Å². The molecule has 0 spiro atoms. The summed E-state index contributed by atoms with van der Waals surface area (Å²) < 4.78 is 38.9. The first-order valence-corrected chi connectivity index (χ1v) is 12.7. The number of ether oxygens (including phenoxy) is 1. The van der Waals surface area contributed by atoms with Crippen LogP contribution in [0, 0.1) is 18.8 Å². The van der Waals surface area contributed by atoms with Crippen LogP contribution in [0.15, 0.2) is 27.5 Å². The van der Waals surface area contributed by atoms with Gasteiger partial charge in [-0.15, -0.1) is 0 Å². The van der Waals surface area contributed by atoms with Crippen molar-refractivity contribution in [3.05, 3.63) is 29.5 Å². The summed E-state index contributed by atoms with van der Waals surface area (Å²) in [5, 5.41) is 3.62. The lowest BCUT2D eigenvalue weighted by Crippen LogP contribution is -2.37. The number of aryl methyl sites for hydroxylation is 1. The van der Waals surface area contributed by atoms with Crippen LogP contribution in [0.4, 0.5) is 0 Å². The zero-order valence-electron chi connectivity index (χ0n) is 18.4. The fourth-order valence-corrected chi connectivity index (χ4v) is 5.95. The maximum Gasteiger partial charge on any atom is 0.287 e. The van der Waals surface area contributed by atoms with E-state index in [-0.39, 0.29) is 16.6 Å². The number of carbonyl (C=O) groups excluding carboxylic acids is 1. The quantitative estimate of drug-likeness (QED) is 0.728. The van der Waals surface area contributed by atoms with Crippen LogP contribution in [0.1, 0.15) is 55.1 Å². The maximum absolute atomic E-state index is 13.1. The highest BCUT2D eigenvalue weighted by Crippen LogP contribution is 2.30. The van der Waals surface area contributed by atoms with E-state index in [1.807, 2.05) is 0 Å². The third-order valence-corrected chi connectivity index (χ3v) is 8.57. The van der Waals surface area contributed by atoms with Crippen LogP contribution in [0.3, 0.4) is 0 Å². The van der Waals surface area contributed by atoms with Crippen molar-refractivity contribution in [1.82, 2.24) is 9.62 Å². The number of nitrogens with zero attached hydrogens (tertiary/aromatic N) is 1. The van der Waals surface area contributed by atoms with Crippen LogP contribution in [-0.4, -0.2) is 51.5 Å². The third kappa shape index (κ3) is 4.81. The molecule has 2 aromatic rings. The Balaban J connectivity index is 1.48. The number of fused-ring (bicyclic) bond motifs is 1. The van der Waals surface area contributed by atoms with Crippen LogP contribution in [0.25, 0.3) is 11.0 Å². The molecule has 2 aliphatic heterocycles. The van der Waals surface area contributed by atoms with E-state index in [0.29, 0.717) is 48.0 Å². The summed E-state index contributed by atoms with van der Waals surface area (Å²) in [5.41, 5.74) is 1.20. The van der Waals surface area contributed by atoms with Crippen LogP contribution in [-0.2, 0) is 14.8 Å². The summed E-state index contributed by atoms with van der Waals surface area (Å²) in [4.78, 5) is 12.9. The van der Waals surface area contributed by atoms with Gasteiger partial charge in [0.15, 0.2) is 5.76 Å². The number of carbonyl (C=O) groups is 1. The number of piperidine rings is 1. The zero-order valence-corrected chi connectivity index (χ0v) is 19.2. The van der Waals surface area contributed by atoms with Crippen molar-refractivity contribution in [2.24, 2.45) is 11.8 Å². The molecule has 0 atom stereocenters. The Hall–Kier alpha value is -1.90. The largest absolute Gasteiger partial charge is 0.451 e. The molecule has 0 bridgehead atoms. The highest BCUT2D eigenvalue weighted by Gasteiger charge is 2.29. The van der Waals surface area contributed by atoms with E-state index >= 15 is 0 Å². The molecule has 0 unspecified atom stereocenters. The van der Waals surface area contributed by atoms with Gasteiger partial charge < -0.3 is 14.5 Å². The molecule has 1 aromatic heterocycles. The standard InChI is InChI=1S/C23H32N2O5S/c1-16-6-11-25(12-7-16)31(27,28)19-3-4-21-20(15-19)17(2)22(30-21)23(26)24-10-5-18-8-13-29-14-9-18/h3-4,15-16,18H,5-14H2,1-2H3,(H,24,26). The number of amides is 1. The van der Waals surface area contributed by atoms with Gasteiger partial charge in [0.2, 0.25) is 10.0 Å². The van der Waals surface area contributed by atoms with Crippen LogP contribution in [0.5, 0.6) is 0 Å². The molecule has 170 valence electrons. The van der Waals surface area contributed by atoms with Crippen LogP contribution in [0.2, 0.25) is 0 Å². The summed E-state index contributed by atoms with van der Waals surface area (Å²) >= 11 is 0. The van der Waals surface area contributed by atoms with Gasteiger partial charge in [-0.25, -0.2) is 8.42 Å². The van der Waals surface area contributed by atoms with Gasteiger partial charge >= 0.3 is 0 Å². The maximum atomic E-state index is 13.1. The minimum atomic E-state index is -3.55. The van der Waals surface area contributed by atoms with E-state index in [1.165, 1.54) is 0 Å². The van der Waals surface area contributed by atoms with Crippen molar-refractivity contribution in [2.75, 3.05) is 32.8 Å². The molecule has 1 amide bonds. The topological polar surface area (TPSA) is 88.8 Å². The average Bonchev–Trinajstić information content (AvgIpc) is 3.11. The Morgan fingerprint density at radius 2 is 1.87 bits per heavy atom. The molecule has 1 N–H and O–H groups in total. The van der Waals surface area contributed by atoms with E-state index in [2.05, 4.69) is 12.2 Å². The van der Waals surface area contributed by atoms with Gasteiger partial charge in [0.1, 0.15) is 5.58 Å². The summed E-state index contributed by atoms with van der Waals surface area (Å²) in [7, 11) is -3.55. The van der Waals surface area contributed by atoms with Gasteiger partial charge in [-0.1, -0.05) is 6.92 Å². The number of nitrogens with one attached hydrogen (secondary N) is 1. The Bertz CT molecular complexity index is 1030. The Morgan fingerprint density at radius 1 is 1.16 bits per heavy atom. The van der Waals surface area contributed by atoms with Gasteiger partial charge in [0, 0.05) is 43.8 Å². The zero-order chi connectivity index (χ0) is 22.0. The summed E-state index contributed by atoms with van der Waals surface area (Å²) in [6.45, 7) is 7.23. The normalized spacial score (nSPS) is 19.7. The molecule has 0 aliphatic carbocycles. The number of hydrogen-bond acceptors (Lipinski definition) is 5. The number of rotatable bonds is 6. The SMILES string of the molecule is Cc1c(C(=O)NCCC2CCOCC2)oc2ccc(S(=O)(=O)N3CCC(C)CC3)cc12. The Kier molecular flexibility index (Phi) is 6.69. The molecule has 2 aliphatic rings. The molecule has 3 heterocycles. The highest BCUT2D eigenvalue weighted by molar-refractivity contribution is 7.89. The summed E-state index contributed by atoms with van der Waals surface area (Å²) in [6.07, 6.45) is 4.75. The molecule has 1 aromatic carbocycles. The number of sulfonamides is 1. The fraction of sp³-hybridized carbons (Fsp3) is 0.609. The van der Waals surface area contributed by atoms with E-state index < -0.39 is 10.0 Å². The van der Waals surface area contributed by atoms with Crippen LogP contribution >= 0.6 is 0 Å². The minimum absolute atomic E-state index is 0.253. The lowest BCUT2D eigenvalue weighted by atomic mass is 9.97. The summed E-state index contributed by atoms with van der Waals surface area (Å²) in [5.74, 6) is 1.13. The van der Waals surface area contributed by atoms with Gasteiger partial charge in [-0.2, -0.15) is 4.31 Å². The first-order valence-electron chi connectivity index (χ1n) is 11.3. The summed E-state index contributed by atoms with van der Waals surface area (Å²) in [6, 6.07) is 4.87. The predicted molar refractivity (Wildman–Crippen MR) is 119 cm³/mol. The van der Waals surface area contributed by atoms with Crippen molar-refractivity contribution >= 4 is 26.9 Å². The molecule has 0 radical (unpaired) electrons. The molecule has 0 saturated carbocycles. The fourth-order valence-electron chi connectivity index (χ4n) is 4.46. The van der Waals surface area contributed by atoms with Crippen molar-refractivity contribution in [1.29, 1.82) is 0 Å². The highest BCUT2D eigenvalue weighted by atomic mass is 32.2. The smallest absolute Gasteiger partial charge is 0.287 e. The first kappa shape index (κ1) is 22.3. The van der Waals surface area contributed by atoms with Crippen molar-refractivity contribution in [3.63, 3.8) is 0 Å². The monoisotopic (exact) mass is 448 g/mol. The Morgan fingerprint density at radius 3 is 2.58 bits per heavy atom. The van der Waals surface area contributed by atoms with E-state index in [9.17, 15) is 13.2 Å². The second-order valence-electron chi connectivity index (χ2n) is 8.90. The van der Waals surface area contributed by atoms with Crippen molar-refractivity contribution in [3.8, 4) is 0 Å². The van der Waals surface area contributed by atoms with Crippen LogP contribution < -0.4 is 5.32 Å². The number of benzene rings is 1. The molecule has 2 fully saturated rings. The van der Waals surface area contributed by atoms with Gasteiger partial charge in [0.25, 0.3) is 5.91 Å². The average molecular weight is 449 g/mol. The van der Waals surface area contributed by atoms with E-state index in [4.69, 9.17) is 9.15 Å². The second kappa shape index (κ2) is 9.30. The molecule has 2 saturated heterocycles. The third-order valence-electron chi connectivity index (χ3n) is 6.67. The van der Waals surface area contributed by atoms with Gasteiger partial charge in [-0.05, 0) is 69.1 Å². The molecule has 7 nitrogen and oxygen atoms in total. The lowest BCUT2D eigenvalue weighted by molar-refractivity contribution is 0.0635. The molecule has 8 heteroatoms. The number of furan rings is 1. The second-order valence-corrected chi connectivity index (χ2v) is 10.8. The van der Waals surface area contributed by atoms with Gasteiger partial charge in [-0.3, -0.25) is 4.79 Å².